The molecule has 0 radical (unpaired) electrons. The summed E-state index contributed by atoms with van der Waals surface area (Å²) in [5.41, 5.74) is 2.70. The van der Waals surface area contributed by atoms with Gasteiger partial charge in [-0.1, -0.05) is 61.7 Å². The number of nitrogens with zero attached hydrogens (tertiary/aromatic N) is 2. The summed E-state index contributed by atoms with van der Waals surface area (Å²) in [6, 6.07) is 9.65. The number of nitrogens with one attached hydrogen (secondary N) is 1. The number of hydrogen-bond acceptors (Lipinski definition) is 4. The first-order chi connectivity index (χ1) is 16.9. The molecule has 1 N–H and O–H groups in total. The molecule has 10 heteroatoms. The van der Waals surface area contributed by atoms with Crippen LogP contribution in [0.25, 0.3) is 0 Å². The highest BCUT2D eigenvalue weighted by atomic mass is 35.5. The van der Waals surface area contributed by atoms with E-state index in [0.717, 1.165) is 34.5 Å². The molecule has 2 aromatic carbocycles. The van der Waals surface area contributed by atoms with Crippen LogP contribution in [0.5, 0.6) is 0 Å². The van der Waals surface area contributed by atoms with Gasteiger partial charge in [0.05, 0.1) is 22.0 Å². The number of sulfonamides is 1. The van der Waals surface area contributed by atoms with E-state index in [1.54, 1.807) is 31.2 Å². The molecular formula is C26H35Cl2N3O4S. The van der Waals surface area contributed by atoms with Gasteiger partial charge < -0.3 is 10.2 Å². The zero-order valence-electron chi connectivity index (χ0n) is 21.5. The second-order valence-corrected chi connectivity index (χ2v) is 11.6. The molecule has 2 amide bonds. The van der Waals surface area contributed by atoms with E-state index in [2.05, 4.69) is 5.32 Å². The van der Waals surface area contributed by atoms with E-state index in [1.165, 1.54) is 4.90 Å². The SMILES string of the molecule is CCCCNC(=O)[C@H](CC)N(Cc1ccc(Cl)c(Cl)c1)C(=O)CN(c1cc(C)ccc1C)S(C)(=O)=O. The number of anilines is 1. The summed E-state index contributed by atoms with van der Waals surface area (Å²) in [5, 5.41) is 3.60. The fourth-order valence-corrected chi connectivity index (χ4v) is 5.06. The normalized spacial score (nSPS) is 12.2. The van der Waals surface area contributed by atoms with Crippen molar-refractivity contribution < 1.29 is 18.0 Å². The summed E-state index contributed by atoms with van der Waals surface area (Å²) < 4.78 is 26.7. The number of halogens is 2. The summed E-state index contributed by atoms with van der Waals surface area (Å²) in [7, 11) is -3.79. The fourth-order valence-electron chi connectivity index (χ4n) is 3.84. The van der Waals surface area contributed by atoms with Gasteiger partial charge in [-0.2, -0.15) is 0 Å². The van der Waals surface area contributed by atoms with Gasteiger partial charge in [0.2, 0.25) is 21.8 Å². The Bertz CT molecular complexity index is 1190. The average molecular weight is 557 g/mol. The Morgan fingerprint density at radius 1 is 1.03 bits per heavy atom. The molecule has 0 unspecified atom stereocenters. The molecule has 198 valence electrons. The topological polar surface area (TPSA) is 86.8 Å². The number of carbonyl (C=O) groups excluding carboxylic acids is 2. The van der Waals surface area contributed by atoms with Gasteiger partial charge in [0.25, 0.3) is 0 Å². The van der Waals surface area contributed by atoms with Crippen molar-refractivity contribution in [3.63, 3.8) is 0 Å². The van der Waals surface area contributed by atoms with Crippen LogP contribution in [-0.4, -0.2) is 50.5 Å². The van der Waals surface area contributed by atoms with Crippen LogP contribution in [0.2, 0.25) is 10.0 Å². The maximum Gasteiger partial charge on any atom is 0.244 e. The van der Waals surface area contributed by atoms with Crippen LogP contribution in [0.15, 0.2) is 36.4 Å². The number of carbonyl (C=O) groups is 2. The quantitative estimate of drug-likeness (QED) is 0.369. The monoisotopic (exact) mass is 555 g/mol. The van der Waals surface area contributed by atoms with E-state index in [-0.39, 0.29) is 12.5 Å². The van der Waals surface area contributed by atoms with E-state index in [0.29, 0.717) is 34.3 Å². The lowest BCUT2D eigenvalue weighted by molar-refractivity contribution is -0.140. The molecule has 0 aliphatic rings. The molecule has 0 saturated heterocycles. The van der Waals surface area contributed by atoms with Gasteiger partial charge in [-0.05, 0) is 61.6 Å². The van der Waals surface area contributed by atoms with Crippen LogP contribution in [0.1, 0.15) is 49.8 Å². The van der Waals surface area contributed by atoms with Gasteiger partial charge >= 0.3 is 0 Å². The van der Waals surface area contributed by atoms with Gasteiger partial charge in [-0.3, -0.25) is 13.9 Å². The lowest BCUT2D eigenvalue weighted by Crippen LogP contribution is -2.52. The first-order valence-corrected chi connectivity index (χ1v) is 14.6. The summed E-state index contributed by atoms with van der Waals surface area (Å²) >= 11 is 12.2. The Labute approximate surface area is 224 Å². The lowest BCUT2D eigenvalue weighted by Gasteiger charge is -2.33. The predicted octanol–water partition coefficient (Wildman–Crippen LogP) is 5.10. The zero-order chi connectivity index (χ0) is 27.0. The van der Waals surface area contributed by atoms with E-state index >= 15 is 0 Å². The molecule has 2 rings (SSSR count). The second kappa shape index (κ2) is 13.3. The third-order valence-electron chi connectivity index (χ3n) is 5.86. The summed E-state index contributed by atoms with van der Waals surface area (Å²) in [6.45, 7) is 7.62. The molecule has 0 aliphatic carbocycles. The van der Waals surface area contributed by atoms with Crippen LogP contribution < -0.4 is 9.62 Å². The predicted molar refractivity (Wildman–Crippen MR) is 147 cm³/mol. The molecule has 36 heavy (non-hydrogen) atoms. The van der Waals surface area contributed by atoms with Gasteiger partial charge in [0.1, 0.15) is 12.6 Å². The number of aryl methyl sites for hydroxylation is 2. The molecular weight excluding hydrogens is 521 g/mol. The Morgan fingerprint density at radius 3 is 2.31 bits per heavy atom. The zero-order valence-corrected chi connectivity index (χ0v) is 23.8. The minimum absolute atomic E-state index is 0.0693. The second-order valence-electron chi connectivity index (χ2n) is 8.90. The van der Waals surface area contributed by atoms with E-state index in [4.69, 9.17) is 23.2 Å². The molecule has 2 aromatic rings. The van der Waals surface area contributed by atoms with Crippen LogP contribution in [0, 0.1) is 13.8 Å². The Hall–Kier alpha value is -2.29. The van der Waals surface area contributed by atoms with Gasteiger partial charge in [0, 0.05) is 13.1 Å². The number of amides is 2. The van der Waals surface area contributed by atoms with Crippen molar-refractivity contribution in [1.82, 2.24) is 10.2 Å². The Kier molecular flexibility index (Phi) is 11.1. The first kappa shape index (κ1) is 29.9. The van der Waals surface area contributed by atoms with Crippen LogP contribution in [0.4, 0.5) is 5.69 Å². The van der Waals surface area contributed by atoms with Crippen molar-refractivity contribution in [2.24, 2.45) is 0 Å². The van der Waals surface area contributed by atoms with Crippen molar-refractivity contribution in [1.29, 1.82) is 0 Å². The van der Waals surface area contributed by atoms with Gasteiger partial charge in [0.15, 0.2) is 0 Å². The van der Waals surface area contributed by atoms with E-state index < -0.39 is 28.5 Å². The summed E-state index contributed by atoms with van der Waals surface area (Å²) in [4.78, 5) is 28.2. The number of hydrogen-bond donors (Lipinski definition) is 1. The molecule has 1 atom stereocenters. The smallest absolute Gasteiger partial charge is 0.244 e. The highest BCUT2D eigenvalue weighted by Gasteiger charge is 2.32. The third-order valence-corrected chi connectivity index (χ3v) is 7.73. The van der Waals surface area contributed by atoms with Crippen molar-refractivity contribution in [3.8, 4) is 0 Å². The maximum atomic E-state index is 13.7. The van der Waals surface area contributed by atoms with Crippen LogP contribution in [0.3, 0.4) is 0 Å². The number of benzene rings is 2. The lowest BCUT2D eigenvalue weighted by atomic mass is 10.1. The molecule has 0 bridgehead atoms. The van der Waals surface area contributed by atoms with Crippen molar-refractivity contribution in [2.75, 3.05) is 23.7 Å². The van der Waals surface area contributed by atoms with Crippen molar-refractivity contribution in [3.05, 3.63) is 63.1 Å². The van der Waals surface area contributed by atoms with E-state index in [9.17, 15) is 18.0 Å². The minimum Gasteiger partial charge on any atom is -0.354 e. The van der Waals surface area contributed by atoms with Crippen molar-refractivity contribution in [2.45, 2.75) is 59.5 Å². The Morgan fingerprint density at radius 2 is 1.72 bits per heavy atom. The van der Waals surface area contributed by atoms with Gasteiger partial charge in [-0.15, -0.1) is 0 Å². The van der Waals surface area contributed by atoms with Crippen LogP contribution >= 0.6 is 23.2 Å². The summed E-state index contributed by atoms with van der Waals surface area (Å²) in [5.74, 6) is -0.776. The molecule has 0 heterocycles. The highest BCUT2D eigenvalue weighted by Crippen LogP contribution is 2.26. The molecule has 0 spiro atoms. The fraction of sp³-hybridized carbons (Fsp3) is 0.462. The third kappa shape index (κ3) is 8.11. The number of unbranched alkanes of at least 4 members (excludes halogenated alkanes) is 1. The van der Waals surface area contributed by atoms with Crippen molar-refractivity contribution >= 4 is 50.7 Å². The standard InChI is InChI=1S/C26H35Cl2N3O4S/c1-6-8-13-29-26(33)23(7-2)30(16-20-11-12-21(27)22(28)15-20)25(32)17-31(36(5,34)35)24-14-18(3)9-10-19(24)4/h9-12,14-15,23H,6-8,13,16-17H2,1-5H3,(H,29,33)/t23-/m0/s1. The van der Waals surface area contributed by atoms with Crippen LogP contribution in [-0.2, 0) is 26.2 Å². The Balaban J connectivity index is 2.47. The molecule has 0 aliphatic heterocycles. The average Bonchev–Trinajstić information content (AvgIpc) is 2.80. The molecule has 0 saturated carbocycles. The minimum atomic E-state index is -3.79. The molecule has 0 aromatic heterocycles. The van der Waals surface area contributed by atoms with Gasteiger partial charge in [-0.25, -0.2) is 8.42 Å². The largest absolute Gasteiger partial charge is 0.354 e. The molecule has 0 fully saturated rings. The number of rotatable bonds is 12. The maximum absolute atomic E-state index is 13.7. The summed E-state index contributed by atoms with van der Waals surface area (Å²) in [6.07, 6.45) is 3.16. The van der Waals surface area contributed by atoms with E-state index in [1.807, 2.05) is 32.9 Å². The molecule has 7 nitrogen and oxygen atoms in total. The first-order valence-electron chi connectivity index (χ1n) is 11.9. The highest BCUT2D eigenvalue weighted by molar-refractivity contribution is 7.92.